The molecule has 7 heteroatoms. The summed E-state index contributed by atoms with van der Waals surface area (Å²) in [6.45, 7) is 5.85. The van der Waals surface area contributed by atoms with Gasteiger partial charge in [0.25, 0.3) is 0 Å². The lowest BCUT2D eigenvalue weighted by atomic mass is 10.1. The zero-order chi connectivity index (χ0) is 17.6. The monoisotopic (exact) mass is 354 g/mol. The molecule has 1 heterocycles. The quantitative estimate of drug-likeness (QED) is 0.563. The third-order valence-electron chi connectivity index (χ3n) is 3.29. The first-order valence-electron chi connectivity index (χ1n) is 7.81. The van der Waals surface area contributed by atoms with E-state index in [4.69, 9.17) is 18.5 Å². The van der Waals surface area contributed by atoms with E-state index < -0.39 is 13.4 Å². The van der Waals surface area contributed by atoms with Gasteiger partial charge in [0.2, 0.25) is 6.79 Å². The molecule has 0 aliphatic carbocycles. The molecule has 6 nitrogen and oxygen atoms in total. The molecule has 0 radical (unpaired) electrons. The Labute approximate surface area is 142 Å². The number of aliphatic hydroxyl groups is 1. The predicted octanol–water partition coefficient (Wildman–Crippen LogP) is 3.96. The van der Waals surface area contributed by atoms with Gasteiger partial charge in [-0.25, -0.2) is 0 Å². The van der Waals surface area contributed by atoms with E-state index in [1.807, 2.05) is 30.4 Å². The molecule has 0 amide bonds. The average molecular weight is 354 g/mol. The molecule has 2 rings (SSSR count). The van der Waals surface area contributed by atoms with Crippen LogP contribution in [0.4, 0.5) is 0 Å². The SMILES string of the molecule is CCOP(=O)(OCC)C(O)/C=C(C)/C=C/c1ccc2c(c1)OCO2. The second-order valence-electron chi connectivity index (χ2n) is 5.15. The minimum atomic E-state index is -3.56. The molecule has 1 aromatic carbocycles. The van der Waals surface area contributed by atoms with Crippen molar-refractivity contribution in [1.82, 2.24) is 0 Å². The maximum Gasteiger partial charge on any atom is 0.362 e. The largest absolute Gasteiger partial charge is 0.454 e. The van der Waals surface area contributed by atoms with Crippen LogP contribution in [-0.2, 0) is 13.6 Å². The Balaban J connectivity index is 2.08. The first-order valence-corrected chi connectivity index (χ1v) is 9.42. The summed E-state index contributed by atoms with van der Waals surface area (Å²) < 4.78 is 33.3. The van der Waals surface area contributed by atoms with Crippen molar-refractivity contribution < 1.29 is 28.2 Å². The van der Waals surface area contributed by atoms with Gasteiger partial charge in [-0.3, -0.25) is 4.57 Å². The van der Waals surface area contributed by atoms with Crippen LogP contribution in [0.3, 0.4) is 0 Å². The molecule has 1 aromatic rings. The maximum absolute atomic E-state index is 12.5. The Kier molecular flexibility index (Phi) is 6.63. The van der Waals surface area contributed by atoms with E-state index in [1.54, 1.807) is 20.8 Å². The van der Waals surface area contributed by atoms with Crippen molar-refractivity contribution in [3.05, 3.63) is 41.5 Å². The van der Waals surface area contributed by atoms with Crippen LogP contribution in [0.5, 0.6) is 11.5 Å². The van der Waals surface area contributed by atoms with E-state index in [9.17, 15) is 9.67 Å². The van der Waals surface area contributed by atoms with Crippen LogP contribution in [0.25, 0.3) is 6.08 Å². The van der Waals surface area contributed by atoms with Crippen molar-refractivity contribution in [2.75, 3.05) is 20.0 Å². The highest BCUT2D eigenvalue weighted by atomic mass is 31.2. The van der Waals surface area contributed by atoms with Gasteiger partial charge in [-0.05, 0) is 44.5 Å². The molecular formula is C17H23O6P. The van der Waals surface area contributed by atoms with E-state index in [0.717, 1.165) is 16.9 Å². The van der Waals surface area contributed by atoms with Crippen molar-refractivity contribution in [2.45, 2.75) is 26.6 Å². The highest BCUT2D eigenvalue weighted by Gasteiger charge is 2.32. The number of allylic oxidation sites excluding steroid dienone is 2. The third-order valence-corrected chi connectivity index (χ3v) is 5.32. The second kappa shape index (κ2) is 8.49. The van der Waals surface area contributed by atoms with Gasteiger partial charge in [0, 0.05) is 0 Å². The highest BCUT2D eigenvalue weighted by molar-refractivity contribution is 7.54. The molecule has 1 aliphatic heterocycles. The minimum Gasteiger partial charge on any atom is -0.454 e. The van der Waals surface area contributed by atoms with Gasteiger partial charge in [0.15, 0.2) is 17.3 Å². The number of ether oxygens (including phenoxy) is 2. The minimum absolute atomic E-state index is 0.203. The van der Waals surface area contributed by atoms with Crippen LogP contribution in [0.15, 0.2) is 35.9 Å². The normalized spacial score (nSPS) is 15.9. The topological polar surface area (TPSA) is 74.2 Å². The van der Waals surface area contributed by atoms with Gasteiger partial charge < -0.3 is 23.6 Å². The van der Waals surface area contributed by atoms with Gasteiger partial charge in [-0.1, -0.05) is 23.8 Å². The Bertz CT molecular complexity index is 657. The van der Waals surface area contributed by atoms with Gasteiger partial charge in [-0.15, -0.1) is 0 Å². The third kappa shape index (κ3) is 4.71. The van der Waals surface area contributed by atoms with Crippen LogP contribution < -0.4 is 9.47 Å². The predicted molar refractivity (Wildman–Crippen MR) is 92.2 cm³/mol. The molecule has 0 saturated heterocycles. The molecule has 132 valence electrons. The van der Waals surface area contributed by atoms with Crippen molar-refractivity contribution in [1.29, 1.82) is 0 Å². The van der Waals surface area contributed by atoms with Crippen LogP contribution in [-0.4, -0.2) is 31.0 Å². The lowest BCUT2D eigenvalue weighted by Crippen LogP contribution is -2.10. The molecule has 24 heavy (non-hydrogen) atoms. The van der Waals surface area contributed by atoms with E-state index in [-0.39, 0.29) is 20.0 Å². The lowest BCUT2D eigenvalue weighted by Gasteiger charge is -2.20. The molecule has 0 saturated carbocycles. The average Bonchev–Trinajstić information content (AvgIpc) is 3.01. The number of rotatable bonds is 8. The maximum atomic E-state index is 12.5. The molecule has 1 N–H and O–H groups in total. The van der Waals surface area contributed by atoms with E-state index in [0.29, 0.717) is 5.75 Å². The van der Waals surface area contributed by atoms with Crippen molar-refractivity contribution >= 4 is 13.7 Å². The van der Waals surface area contributed by atoms with Crippen LogP contribution >= 0.6 is 7.60 Å². The van der Waals surface area contributed by atoms with Crippen molar-refractivity contribution in [3.63, 3.8) is 0 Å². The Hall–Kier alpha value is -1.59. The fraction of sp³-hybridized carbons (Fsp3) is 0.412. The summed E-state index contributed by atoms with van der Waals surface area (Å²) in [6, 6.07) is 5.61. The Morgan fingerprint density at radius 1 is 1.29 bits per heavy atom. The number of fused-ring (bicyclic) bond motifs is 1. The summed E-state index contributed by atoms with van der Waals surface area (Å²) in [5, 5.41) is 10.2. The molecule has 0 fully saturated rings. The first kappa shape index (κ1) is 18.7. The Morgan fingerprint density at radius 3 is 2.62 bits per heavy atom. The number of aliphatic hydroxyl groups excluding tert-OH is 1. The molecule has 1 atom stereocenters. The number of benzene rings is 1. The van der Waals surface area contributed by atoms with Gasteiger partial charge in [-0.2, -0.15) is 0 Å². The highest BCUT2D eigenvalue weighted by Crippen LogP contribution is 2.52. The first-order chi connectivity index (χ1) is 11.5. The van der Waals surface area contributed by atoms with E-state index >= 15 is 0 Å². The fourth-order valence-electron chi connectivity index (χ4n) is 2.18. The summed E-state index contributed by atoms with van der Waals surface area (Å²) >= 11 is 0. The zero-order valence-electron chi connectivity index (χ0n) is 14.1. The molecule has 1 unspecified atom stereocenters. The summed E-state index contributed by atoms with van der Waals surface area (Å²) in [5.41, 5.74) is 1.67. The van der Waals surface area contributed by atoms with Crippen LogP contribution in [0, 0.1) is 0 Å². The molecule has 0 bridgehead atoms. The second-order valence-corrected chi connectivity index (χ2v) is 7.27. The zero-order valence-corrected chi connectivity index (χ0v) is 15.0. The fourth-order valence-corrected chi connectivity index (χ4v) is 3.69. The van der Waals surface area contributed by atoms with Crippen molar-refractivity contribution in [3.8, 4) is 11.5 Å². The summed E-state index contributed by atoms with van der Waals surface area (Å²) in [4.78, 5) is 0. The lowest BCUT2D eigenvalue weighted by molar-refractivity contribution is 0.168. The van der Waals surface area contributed by atoms with Crippen LogP contribution in [0.2, 0.25) is 0 Å². The molecule has 0 aromatic heterocycles. The smallest absolute Gasteiger partial charge is 0.362 e. The standard InChI is InChI=1S/C17H23O6P/c1-4-22-24(19,23-5-2)17(18)10-13(3)6-7-14-8-9-15-16(11-14)21-12-20-15/h6-11,17-18H,4-5,12H2,1-3H3/b7-6+,13-10+. The van der Waals surface area contributed by atoms with E-state index in [1.165, 1.54) is 6.08 Å². The summed E-state index contributed by atoms with van der Waals surface area (Å²) in [6.07, 6.45) is 5.14. The Morgan fingerprint density at radius 2 is 1.96 bits per heavy atom. The molecular weight excluding hydrogens is 331 g/mol. The van der Waals surface area contributed by atoms with E-state index in [2.05, 4.69) is 0 Å². The van der Waals surface area contributed by atoms with Gasteiger partial charge in [0.05, 0.1) is 13.2 Å². The summed E-state index contributed by atoms with van der Waals surface area (Å²) in [5.74, 6) is 0.124. The van der Waals surface area contributed by atoms with Gasteiger partial charge >= 0.3 is 7.60 Å². The van der Waals surface area contributed by atoms with Crippen molar-refractivity contribution in [2.24, 2.45) is 0 Å². The van der Waals surface area contributed by atoms with Crippen LogP contribution in [0.1, 0.15) is 26.3 Å². The van der Waals surface area contributed by atoms with Gasteiger partial charge in [0.1, 0.15) is 0 Å². The number of hydrogen-bond donors (Lipinski definition) is 1. The number of hydrogen-bond acceptors (Lipinski definition) is 6. The molecule has 1 aliphatic rings. The molecule has 0 spiro atoms. The summed E-state index contributed by atoms with van der Waals surface area (Å²) in [7, 11) is -3.56.